The lowest BCUT2D eigenvalue weighted by atomic mass is 9.87. The Morgan fingerprint density at radius 3 is 2.05 bits per heavy atom. The first-order valence-electron chi connectivity index (χ1n) is 6.80. The summed E-state index contributed by atoms with van der Waals surface area (Å²) in [5, 5.41) is 9.41. The molecule has 2 atom stereocenters. The fourth-order valence-corrected chi connectivity index (χ4v) is 6.13. The summed E-state index contributed by atoms with van der Waals surface area (Å²) in [6, 6.07) is 1.70. The monoisotopic (exact) mass is 320 g/mol. The Hall–Kier alpha value is -1.08. The van der Waals surface area contributed by atoms with Crippen LogP contribution in [0.4, 0.5) is 13.2 Å². The van der Waals surface area contributed by atoms with Crippen molar-refractivity contribution in [1.29, 1.82) is 0 Å². The van der Waals surface area contributed by atoms with Crippen LogP contribution >= 0.6 is 0 Å². The predicted octanol–water partition coefficient (Wildman–Crippen LogP) is 2.12. The molecule has 0 amide bonds. The molecule has 116 valence electrons. The van der Waals surface area contributed by atoms with Gasteiger partial charge in [-0.25, -0.2) is 21.6 Å². The van der Waals surface area contributed by atoms with Gasteiger partial charge in [-0.3, -0.25) is 0 Å². The first-order chi connectivity index (χ1) is 9.71. The molecule has 0 aliphatic carbocycles. The van der Waals surface area contributed by atoms with E-state index in [2.05, 4.69) is 0 Å². The van der Waals surface area contributed by atoms with Crippen LogP contribution < -0.4 is 0 Å². The van der Waals surface area contributed by atoms with Crippen LogP contribution in [0.5, 0.6) is 0 Å². The summed E-state index contributed by atoms with van der Waals surface area (Å²) < 4.78 is 63.3. The average Bonchev–Trinajstić information content (AvgIpc) is 2.56. The van der Waals surface area contributed by atoms with Gasteiger partial charge in [-0.2, -0.15) is 0 Å². The van der Waals surface area contributed by atoms with Crippen molar-refractivity contribution in [3.05, 3.63) is 35.1 Å². The minimum atomic E-state index is -3.18. The second kappa shape index (κ2) is 4.71. The Bertz CT molecular complexity index is 644. The van der Waals surface area contributed by atoms with Crippen LogP contribution in [0.25, 0.3) is 0 Å². The van der Waals surface area contributed by atoms with Crippen molar-refractivity contribution in [1.82, 2.24) is 0 Å². The quantitative estimate of drug-likeness (QED) is 0.849. The molecule has 1 aromatic carbocycles. The highest BCUT2D eigenvalue weighted by atomic mass is 32.2. The van der Waals surface area contributed by atoms with E-state index in [1.807, 2.05) is 0 Å². The minimum Gasteiger partial charge on any atom is -0.389 e. The number of hydrogen-bond donors (Lipinski definition) is 1. The van der Waals surface area contributed by atoms with Crippen LogP contribution in [0.2, 0.25) is 0 Å². The van der Waals surface area contributed by atoms with Crippen molar-refractivity contribution in [3.8, 4) is 0 Å². The second-order valence-electron chi connectivity index (χ2n) is 6.09. The third kappa shape index (κ3) is 2.46. The molecule has 0 radical (unpaired) electrons. The first-order valence-corrected chi connectivity index (χ1v) is 8.41. The second-order valence-corrected chi connectivity index (χ2v) is 8.60. The molecule has 2 saturated heterocycles. The Kier molecular flexibility index (Phi) is 3.33. The van der Waals surface area contributed by atoms with Crippen LogP contribution in [0.1, 0.15) is 31.2 Å². The van der Waals surface area contributed by atoms with Gasteiger partial charge >= 0.3 is 0 Å². The van der Waals surface area contributed by atoms with Gasteiger partial charge in [-0.05, 0) is 43.4 Å². The third-order valence-corrected chi connectivity index (χ3v) is 7.20. The number of fused-ring (bicyclic) bond motifs is 2. The molecule has 21 heavy (non-hydrogen) atoms. The summed E-state index contributed by atoms with van der Waals surface area (Å²) in [4.78, 5) is 0. The Morgan fingerprint density at radius 2 is 1.57 bits per heavy atom. The zero-order chi connectivity index (χ0) is 15.4. The number of rotatable bonds is 2. The SMILES string of the molecule is O=S1(=O)C2CCC1CC(O)(Cc1cc(F)c(F)c(F)c1)C2. The summed E-state index contributed by atoms with van der Waals surface area (Å²) >= 11 is 0. The highest BCUT2D eigenvalue weighted by Crippen LogP contribution is 2.44. The van der Waals surface area contributed by atoms with E-state index in [1.54, 1.807) is 0 Å². The summed E-state index contributed by atoms with van der Waals surface area (Å²) in [6.45, 7) is 0. The largest absolute Gasteiger partial charge is 0.389 e. The highest BCUT2D eigenvalue weighted by Gasteiger charge is 2.52. The van der Waals surface area contributed by atoms with E-state index in [-0.39, 0.29) is 24.8 Å². The summed E-state index contributed by atoms with van der Waals surface area (Å²) in [5.41, 5.74) is -1.18. The van der Waals surface area contributed by atoms with Crippen molar-refractivity contribution in [2.24, 2.45) is 0 Å². The number of aliphatic hydroxyl groups is 1. The molecule has 1 N–H and O–H groups in total. The Balaban J connectivity index is 1.86. The summed E-state index contributed by atoms with van der Waals surface area (Å²) in [5.74, 6) is -4.16. The van der Waals surface area contributed by atoms with Gasteiger partial charge in [0, 0.05) is 6.42 Å². The average molecular weight is 320 g/mol. The molecular weight excluding hydrogens is 305 g/mol. The van der Waals surface area contributed by atoms with Gasteiger partial charge in [0.25, 0.3) is 0 Å². The van der Waals surface area contributed by atoms with E-state index in [1.165, 1.54) is 0 Å². The van der Waals surface area contributed by atoms with Crippen LogP contribution in [0.15, 0.2) is 12.1 Å². The van der Waals surface area contributed by atoms with Crippen LogP contribution in [0.3, 0.4) is 0 Å². The standard InChI is InChI=1S/C14H15F3O3S/c15-11-3-8(4-12(16)13(11)17)5-14(18)6-9-1-2-10(7-14)21(9,19)20/h3-4,9-10,18H,1-2,5-7H2. The topological polar surface area (TPSA) is 54.4 Å². The maximum absolute atomic E-state index is 13.2. The van der Waals surface area contributed by atoms with E-state index >= 15 is 0 Å². The van der Waals surface area contributed by atoms with Crippen molar-refractivity contribution in [3.63, 3.8) is 0 Å². The van der Waals surface area contributed by atoms with Gasteiger partial charge in [0.05, 0.1) is 16.1 Å². The lowest BCUT2D eigenvalue weighted by Crippen LogP contribution is -2.46. The molecule has 2 unspecified atom stereocenters. The fraction of sp³-hybridized carbons (Fsp3) is 0.571. The fourth-order valence-electron chi connectivity index (χ4n) is 3.57. The van der Waals surface area contributed by atoms with Crippen molar-refractivity contribution in [2.45, 2.75) is 48.2 Å². The van der Waals surface area contributed by atoms with Gasteiger partial charge in [-0.1, -0.05) is 0 Å². The molecule has 7 heteroatoms. The molecule has 2 fully saturated rings. The Labute approximate surface area is 120 Å². The zero-order valence-corrected chi connectivity index (χ0v) is 12.0. The van der Waals surface area contributed by atoms with Crippen molar-refractivity contribution < 1.29 is 26.7 Å². The Morgan fingerprint density at radius 1 is 1.10 bits per heavy atom. The van der Waals surface area contributed by atoms with Gasteiger partial charge in [-0.15, -0.1) is 0 Å². The van der Waals surface area contributed by atoms with Crippen LogP contribution in [0, 0.1) is 17.5 Å². The maximum atomic E-state index is 13.2. The normalized spacial score (nSPS) is 34.1. The number of benzene rings is 1. The molecular formula is C14H15F3O3S. The third-order valence-electron chi connectivity index (χ3n) is 4.53. The van der Waals surface area contributed by atoms with Crippen LogP contribution in [-0.4, -0.2) is 29.6 Å². The highest BCUT2D eigenvalue weighted by molar-refractivity contribution is 7.93. The zero-order valence-electron chi connectivity index (χ0n) is 11.2. The maximum Gasteiger partial charge on any atom is 0.194 e. The molecule has 0 spiro atoms. The van der Waals surface area contributed by atoms with Crippen LogP contribution in [-0.2, 0) is 16.3 Å². The molecule has 1 aromatic rings. The van der Waals surface area contributed by atoms with E-state index in [0.29, 0.717) is 12.8 Å². The number of halogens is 3. The molecule has 2 bridgehead atoms. The van der Waals surface area contributed by atoms with Crippen molar-refractivity contribution in [2.75, 3.05) is 0 Å². The molecule has 3 rings (SSSR count). The molecule has 2 aliphatic rings. The van der Waals surface area contributed by atoms with E-state index in [9.17, 15) is 26.7 Å². The molecule has 0 saturated carbocycles. The number of hydrogen-bond acceptors (Lipinski definition) is 3. The van der Waals surface area contributed by atoms with Gasteiger partial charge in [0.2, 0.25) is 0 Å². The lowest BCUT2D eigenvalue weighted by molar-refractivity contribution is 0.0218. The molecule has 2 heterocycles. The van der Waals surface area contributed by atoms with Crippen molar-refractivity contribution >= 4 is 9.84 Å². The molecule has 0 aromatic heterocycles. The number of sulfone groups is 1. The van der Waals surface area contributed by atoms with E-state index in [4.69, 9.17) is 0 Å². The molecule has 2 aliphatic heterocycles. The summed E-state index contributed by atoms with van der Waals surface area (Å²) in [7, 11) is -3.18. The first kappa shape index (κ1) is 14.8. The van der Waals surface area contributed by atoms with Gasteiger partial charge in [0.15, 0.2) is 27.3 Å². The molecule has 3 nitrogen and oxygen atoms in total. The lowest BCUT2D eigenvalue weighted by Gasteiger charge is -2.36. The van der Waals surface area contributed by atoms with Gasteiger partial charge < -0.3 is 5.11 Å². The van der Waals surface area contributed by atoms with E-state index in [0.717, 1.165) is 12.1 Å². The summed E-state index contributed by atoms with van der Waals surface area (Å²) in [6.07, 6.45) is 1.07. The predicted molar refractivity (Wildman–Crippen MR) is 69.9 cm³/mol. The smallest absolute Gasteiger partial charge is 0.194 e. The van der Waals surface area contributed by atoms with E-state index < -0.39 is 43.4 Å². The van der Waals surface area contributed by atoms with Gasteiger partial charge in [0.1, 0.15) is 0 Å². The minimum absolute atomic E-state index is 0.0620.